The van der Waals surface area contributed by atoms with Crippen LogP contribution >= 0.6 is 23.5 Å². The first kappa shape index (κ1) is 64.3. The number of hydrogen-bond acceptors (Lipinski definition) is 24. The zero-order chi connectivity index (χ0) is 60.7. The SMILES string of the molecule is C=CC(=O)OCCOC(=O)CCC(=O)OCc1ccc(OC(=O)[C@H]2CC[C@H](C(=O)Oc3ccc(OC(=O)[C@H]4CC[C@H](C(=O)Oc5ccc(COC(=O)CCC(=O)OCCOC(=O)C=C)cc5F)CC4)c4c3SC(=C(C#N)C#N)S4)CC2)c(F)c1. The Kier molecular flexibility index (Phi) is 24.6. The van der Waals surface area contributed by atoms with Crippen molar-refractivity contribution in [2.45, 2.75) is 100 Å². The van der Waals surface area contributed by atoms with E-state index in [2.05, 4.69) is 22.6 Å². The van der Waals surface area contributed by atoms with Crippen LogP contribution in [0.4, 0.5) is 8.78 Å². The first-order valence-electron chi connectivity index (χ1n) is 26.1. The number of allylic oxidation sites excluding steroid dienone is 1. The van der Waals surface area contributed by atoms with Crippen LogP contribution in [-0.4, -0.2) is 86.1 Å². The lowest BCUT2D eigenvalue weighted by Gasteiger charge is -2.26. The molecule has 22 nitrogen and oxygen atoms in total. The predicted octanol–water partition coefficient (Wildman–Crippen LogP) is 8.25. The quantitative estimate of drug-likeness (QED) is 0.0182. The van der Waals surface area contributed by atoms with Crippen LogP contribution in [0.1, 0.15) is 88.2 Å². The van der Waals surface area contributed by atoms with Crippen molar-refractivity contribution < 1.29 is 104 Å². The number of carbonyl (C=O) groups is 10. The van der Waals surface area contributed by atoms with Crippen LogP contribution in [0.2, 0.25) is 0 Å². The fourth-order valence-electron chi connectivity index (χ4n) is 8.37. The lowest BCUT2D eigenvalue weighted by Crippen LogP contribution is -2.31. The van der Waals surface area contributed by atoms with E-state index in [1.54, 1.807) is 0 Å². The molecule has 0 atom stereocenters. The third-order valence-corrected chi connectivity index (χ3v) is 15.5. The molecule has 0 aromatic heterocycles. The Bertz CT molecular complexity index is 2970. The minimum atomic E-state index is -0.900. The number of thioether (sulfide) groups is 2. The fraction of sp³-hybridized carbons (Fsp3) is 0.379. The van der Waals surface area contributed by atoms with E-state index in [0.717, 1.165) is 47.8 Å². The standard InChI is InChI=1S/C58H54F2N2O20S2/c1-3-46(63)73-23-25-75-48(65)19-21-50(67)77-31-33-5-15-42(40(59)27-33)79-54(69)35-7-11-37(12-8-35)56(71)81-44-17-18-45(53-52(44)83-58(84-53)39(29-61)30-62)82-57(72)38-13-9-36(10-14-38)55(70)80-43-16-6-34(28-41(43)60)32-78-51(68)22-20-49(66)76-26-24-74-47(64)4-2/h3-6,15-18,27-28,35-38H,1-2,7-14,19-26,31-32H2/t35-,36-,37-,38-. The van der Waals surface area contributed by atoms with Gasteiger partial charge in [-0.05, 0) is 98.9 Å². The van der Waals surface area contributed by atoms with E-state index >= 15 is 8.78 Å². The number of rotatable bonds is 26. The number of esters is 10. The number of benzene rings is 3. The highest BCUT2D eigenvalue weighted by Gasteiger charge is 2.37. The van der Waals surface area contributed by atoms with Gasteiger partial charge in [-0.3, -0.25) is 38.4 Å². The summed E-state index contributed by atoms with van der Waals surface area (Å²) >= 11 is 1.96. The van der Waals surface area contributed by atoms with Crippen molar-refractivity contribution in [3.8, 4) is 35.1 Å². The highest BCUT2D eigenvalue weighted by atomic mass is 32.2. The molecule has 1 heterocycles. The summed E-state index contributed by atoms with van der Waals surface area (Å²) in [5.41, 5.74) is 0.244. The van der Waals surface area contributed by atoms with Crippen molar-refractivity contribution in [2.75, 3.05) is 26.4 Å². The molecular weight excluding hydrogens is 1150 g/mol. The van der Waals surface area contributed by atoms with Crippen LogP contribution in [0.3, 0.4) is 0 Å². The Hall–Kier alpha value is -8.88. The van der Waals surface area contributed by atoms with Gasteiger partial charge in [-0.1, -0.05) is 48.8 Å². The van der Waals surface area contributed by atoms with Gasteiger partial charge in [-0.25, -0.2) is 18.4 Å². The van der Waals surface area contributed by atoms with E-state index in [1.807, 2.05) is 12.1 Å². The molecule has 0 radical (unpaired) electrons. The predicted molar refractivity (Wildman–Crippen MR) is 285 cm³/mol. The van der Waals surface area contributed by atoms with Crippen molar-refractivity contribution >= 4 is 83.2 Å². The lowest BCUT2D eigenvalue weighted by atomic mass is 9.82. The largest absolute Gasteiger partial charge is 0.462 e. The van der Waals surface area contributed by atoms with E-state index in [0.29, 0.717) is 9.79 Å². The molecule has 0 spiro atoms. The molecule has 2 aliphatic carbocycles. The highest BCUT2D eigenvalue weighted by Crippen LogP contribution is 2.59. The molecule has 442 valence electrons. The van der Waals surface area contributed by atoms with Gasteiger partial charge in [-0.15, -0.1) is 0 Å². The minimum Gasteiger partial charge on any atom is -0.462 e. The second-order valence-corrected chi connectivity index (χ2v) is 20.9. The van der Waals surface area contributed by atoms with Crippen LogP contribution in [0, 0.1) is 58.0 Å². The van der Waals surface area contributed by atoms with Gasteiger partial charge in [0.25, 0.3) is 0 Å². The summed E-state index contributed by atoms with van der Waals surface area (Å²) in [6.07, 6.45) is 2.30. The number of halogens is 2. The second-order valence-electron chi connectivity index (χ2n) is 18.6. The topological polar surface area (TPSA) is 311 Å². The molecule has 26 heteroatoms. The number of fused-ring (bicyclic) bond motifs is 1. The summed E-state index contributed by atoms with van der Waals surface area (Å²) in [5.74, 6) is -12.1. The summed E-state index contributed by atoms with van der Waals surface area (Å²) in [6.45, 7) is 5.00. The Labute approximate surface area is 487 Å². The van der Waals surface area contributed by atoms with E-state index in [1.165, 1.54) is 36.4 Å². The number of carbonyl (C=O) groups excluding carboxylic acids is 10. The summed E-state index contributed by atoms with van der Waals surface area (Å²) < 4.78 is 82.1. The van der Waals surface area contributed by atoms with Gasteiger partial charge in [-0.2, -0.15) is 10.5 Å². The summed E-state index contributed by atoms with van der Waals surface area (Å²) in [4.78, 5) is 124. The number of nitrogens with zero attached hydrogens (tertiary/aromatic N) is 2. The first-order chi connectivity index (χ1) is 40.4. The van der Waals surface area contributed by atoms with Gasteiger partial charge < -0.3 is 47.4 Å². The minimum absolute atomic E-state index is 0.0691. The summed E-state index contributed by atoms with van der Waals surface area (Å²) in [5, 5.41) is 19.3. The molecular formula is C58H54F2N2O20S2. The number of hydrogen-bond donors (Lipinski definition) is 0. The fourth-order valence-corrected chi connectivity index (χ4v) is 10.9. The molecule has 6 rings (SSSR count). The van der Waals surface area contributed by atoms with Crippen LogP contribution in [-0.2, 0) is 89.6 Å². The molecule has 3 aliphatic rings. The maximum atomic E-state index is 15.0. The highest BCUT2D eigenvalue weighted by molar-refractivity contribution is 8.24. The van der Waals surface area contributed by atoms with Crippen molar-refractivity contribution in [2.24, 2.45) is 23.7 Å². The molecule has 0 unspecified atom stereocenters. The van der Waals surface area contributed by atoms with Crippen LogP contribution in [0.5, 0.6) is 23.0 Å². The van der Waals surface area contributed by atoms with E-state index in [-0.39, 0.29) is 161 Å². The Morgan fingerprint density at radius 3 is 1.07 bits per heavy atom. The molecule has 2 saturated carbocycles. The molecule has 84 heavy (non-hydrogen) atoms. The van der Waals surface area contributed by atoms with Gasteiger partial charge in [0, 0.05) is 12.2 Å². The van der Waals surface area contributed by atoms with Crippen molar-refractivity contribution in [1.29, 1.82) is 10.5 Å². The summed E-state index contributed by atoms with van der Waals surface area (Å²) in [6, 6.07) is 13.7. The van der Waals surface area contributed by atoms with E-state index in [4.69, 9.17) is 37.9 Å². The summed E-state index contributed by atoms with van der Waals surface area (Å²) in [7, 11) is 0. The van der Waals surface area contributed by atoms with E-state index < -0.39 is 95.0 Å². The van der Waals surface area contributed by atoms with Gasteiger partial charge in [0.05, 0.1) is 63.4 Å². The van der Waals surface area contributed by atoms with E-state index in [9.17, 15) is 58.5 Å². The molecule has 0 bridgehead atoms. The average Bonchev–Trinajstić information content (AvgIpc) is 4.14. The lowest BCUT2D eigenvalue weighted by molar-refractivity contribution is -0.153. The van der Waals surface area contributed by atoms with Crippen molar-refractivity contribution in [3.63, 3.8) is 0 Å². The Morgan fingerprint density at radius 2 is 0.762 bits per heavy atom. The zero-order valence-electron chi connectivity index (χ0n) is 44.9. The third kappa shape index (κ3) is 19.4. The first-order valence-corrected chi connectivity index (χ1v) is 27.7. The molecule has 0 amide bonds. The smallest absolute Gasteiger partial charge is 0.330 e. The Balaban J connectivity index is 0.935. The number of ether oxygens (including phenoxy) is 10. The number of nitriles is 2. The van der Waals surface area contributed by atoms with Crippen LogP contribution in [0.15, 0.2) is 93.4 Å². The van der Waals surface area contributed by atoms with Crippen LogP contribution in [0.25, 0.3) is 0 Å². The van der Waals surface area contributed by atoms with Crippen LogP contribution < -0.4 is 18.9 Å². The van der Waals surface area contributed by atoms with Gasteiger partial charge in [0.15, 0.2) is 23.1 Å². The average molecular weight is 1200 g/mol. The molecule has 3 aromatic rings. The zero-order valence-corrected chi connectivity index (χ0v) is 46.5. The Morgan fingerprint density at radius 1 is 0.464 bits per heavy atom. The monoisotopic (exact) mass is 1200 g/mol. The molecule has 0 saturated heterocycles. The maximum absolute atomic E-state index is 15.0. The molecule has 0 N–H and O–H groups in total. The molecule has 1 aliphatic heterocycles. The maximum Gasteiger partial charge on any atom is 0.330 e. The van der Waals surface area contributed by atoms with Crippen molar-refractivity contribution in [3.05, 3.63) is 106 Å². The van der Waals surface area contributed by atoms with Gasteiger partial charge >= 0.3 is 59.7 Å². The van der Waals surface area contributed by atoms with Crippen molar-refractivity contribution in [1.82, 2.24) is 0 Å². The van der Waals surface area contributed by atoms with Gasteiger partial charge in [0.1, 0.15) is 68.9 Å². The molecule has 2 fully saturated rings. The second kappa shape index (κ2) is 32.1. The third-order valence-electron chi connectivity index (χ3n) is 12.9. The molecule has 3 aromatic carbocycles. The van der Waals surface area contributed by atoms with Gasteiger partial charge in [0.2, 0.25) is 0 Å². The normalized spacial score (nSPS) is 16.7.